The molecular weight excluding hydrogens is 427 g/mol. The summed E-state index contributed by atoms with van der Waals surface area (Å²) in [6.07, 6.45) is 7.84. The Labute approximate surface area is 179 Å². The van der Waals surface area contributed by atoms with E-state index in [1.165, 1.54) is 6.20 Å². The molecule has 160 valence electrons. The average molecular weight is 445 g/mol. The second-order valence-electron chi connectivity index (χ2n) is 7.77. The van der Waals surface area contributed by atoms with Crippen molar-refractivity contribution in [2.24, 2.45) is 5.92 Å². The predicted molar refractivity (Wildman–Crippen MR) is 110 cm³/mol. The van der Waals surface area contributed by atoms with Crippen molar-refractivity contribution in [1.82, 2.24) is 29.7 Å². The number of nitrogens with one attached hydrogen (secondary N) is 2. The standard InChI is InChI=1S/C20H18ClFN6O3/c21-11-6-13-14(8-24-17(13)23-7-11)18-25-9-15(22)16(26-18)5-10-2-1-3-12(4-10)28-19(29)27-20(30)31-28/h6-10,12H,1-5H2,(H,23,24)(H,27,29,30)/t10-,12+/m0/s1. The first kappa shape index (κ1) is 19.7. The number of hydrogen-bond donors (Lipinski definition) is 2. The van der Waals surface area contributed by atoms with E-state index in [-0.39, 0.29) is 12.0 Å². The highest BCUT2D eigenvalue weighted by Gasteiger charge is 2.27. The van der Waals surface area contributed by atoms with E-state index in [0.717, 1.165) is 29.4 Å². The number of halogens is 2. The zero-order valence-electron chi connectivity index (χ0n) is 16.3. The van der Waals surface area contributed by atoms with Crippen molar-refractivity contribution >= 4 is 22.6 Å². The van der Waals surface area contributed by atoms with E-state index in [1.54, 1.807) is 18.5 Å². The molecule has 0 bridgehead atoms. The third kappa shape index (κ3) is 3.78. The number of rotatable bonds is 4. The summed E-state index contributed by atoms with van der Waals surface area (Å²) in [5, 5.41) is 1.24. The lowest BCUT2D eigenvalue weighted by molar-refractivity contribution is 0.138. The minimum absolute atomic E-state index is 0.0854. The van der Waals surface area contributed by atoms with Gasteiger partial charge in [0.25, 0.3) is 0 Å². The van der Waals surface area contributed by atoms with Crippen LogP contribution in [0.1, 0.15) is 37.4 Å². The normalized spacial score (nSPS) is 19.2. The van der Waals surface area contributed by atoms with E-state index >= 15 is 0 Å². The molecule has 0 radical (unpaired) electrons. The highest BCUT2D eigenvalue weighted by molar-refractivity contribution is 6.31. The SMILES string of the molecule is O=c1[nH]c(=O)n([C@@H]2CCC[C@H](Cc3nc(-c4c[nH]c5ncc(Cl)cc45)ncc3F)C2)o1. The zero-order chi connectivity index (χ0) is 21.5. The van der Waals surface area contributed by atoms with Crippen molar-refractivity contribution in [3.05, 3.63) is 62.2 Å². The molecule has 2 atom stereocenters. The fourth-order valence-electron chi connectivity index (χ4n) is 4.31. The molecule has 5 rings (SSSR count). The van der Waals surface area contributed by atoms with Crippen LogP contribution in [0.5, 0.6) is 0 Å². The molecule has 0 aliphatic heterocycles. The molecule has 1 saturated carbocycles. The van der Waals surface area contributed by atoms with Gasteiger partial charge in [-0.25, -0.2) is 33.9 Å². The van der Waals surface area contributed by atoms with Crippen molar-refractivity contribution in [2.75, 3.05) is 0 Å². The first-order valence-corrected chi connectivity index (χ1v) is 10.3. The van der Waals surface area contributed by atoms with Crippen molar-refractivity contribution in [3.63, 3.8) is 0 Å². The lowest BCUT2D eigenvalue weighted by Crippen LogP contribution is -2.27. The van der Waals surface area contributed by atoms with Crippen LogP contribution in [0.15, 0.2) is 38.8 Å². The molecule has 1 fully saturated rings. The summed E-state index contributed by atoms with van der Waals surface area (Å²) in [6, 6.07) is 1.52. The fourth-order valence-corrected chi connectivity index (χ4v) is 4.47. The molecule has 31 heavy (non-hydrogen) atoms. The van der Waals surface area contributed by atoms with Crippen molar-refractivity contribution in [3.8, 4) is 11.4 Å². The van der Waals surface area contributed by atoms with Crippen LogP contribution in [0.2, 0.25) is 5.02 Å². The summed E-state index contributed by atoms with van der Waals surface area (Å²) in [5.41, 5.74) is 1.08. The Morgan fingerprint density at radius 2 is 2.13 bits per heavy atom. The summed E-state index contributed by atoms with van der Waals surface area (Å²) in [6.45, 7) is 0. The number of hydrogen-bond acceptors (Lipinski definition) is 6. The van der Waals surface area contributed by atoms with Gasteiger partial charge in [0, 0.05) is 23.3 Å². The minimum atomic E-state index is -0.771. The highest BCUT2D eigenvalue weighted by Crippen LogP contribution is 2.34. The van der Waals surface area contributed by atoms with Gasteiger partial charge in [0.1, 0.15) is 5.65 Å². The number of fused-ring (bicyclic) bond motifs is 1. The number of aromatic nitrogens is 6. The van der Waals surface area contributed by atoms with E-state index in [9.17, 15) is 14.0 Å². The minimum Gasteiger partial charge on any atom is -0.345 e. The topological polar surface area (TPSA) is 122 Å². The van der Waals surface area contributed by atoms with Gasteiger partial charge >= 0.3 is 11.4 Å². The highest BCUT2D eigenvalue weighted by atomic mass is 35.5. The molecule has 0 amide bonds. The van der Waals surface area contributed by atoms with E-state index in [0.29, 0.717) is 40.6 Å². The molecular formula is C20H18ClFN6O3. The second-order valence-corrected chi connectivity index (χ2v) is 8.20. The van der Waals surface area contributed by atoms with Crippen LogP contribution in [0, 0.1) is 11.7 Å². The maximum atomic E-state index is 14.5. The van der Waals surface area contributed by atoms with Gasteiger partial charge in [0.15, 0.2) is 11.6 Å². The Hall–Kier alpha value is -3.27. The number of pyridine rings is 1. The van der Waals surface area contributed by atoms with Gasteiger partial charge in [-0.15, -0.1) is 4.74 Å². The molecule has 4 aromatic rings. The molecule has 0 unspecified atom stereocenters. The zero-order valence-corrected chi connectivity index (χ0v) is 17.0. The largest absolute Gasteiger partial charge is 0.440 e. The first-order valence-electron chi connectivity index (χ1n) is 9.94. The number of nitrogens with zero attached hydrogens (tertiary/aromatic N) is 4. The maximum absolute atomic E-state index is 14.5. The summed E-state index contributed by atoms with van der Waals surface area (Å²) in [5.74, 6) is -0.784. The van der Waals surface area contributed by atoms with Crippen LogP contribution in [0.25, 0.3) is 22.4 Å². The van der Waals surface area contributed by atoms with Gasteiger partial charge in [0.05, 0.1) is 23.0 Å². The van der Waals surface area contributed by atoms with Crippen molar-refractivity contribution in [1.29, 1.82) is 0 Å². The first-order chi connectivity index (χ1) is 15.0. The van der Waals surface area contributed by atoms with Gasteiger partial charge in [-0.05, 0) is 37.7 Å². The fraction of sp³-hybridized carbons (Fsp3) is 0.350. The Balaban J connectivity index is 1.42. The Morgan fingerprint density at radius 3 is 2.94 bits per heavy atom. The summed E-state index contributed by atoms with van der Waals surface area (Å²) >= 11 is 6.07. The van der Waals surface area contributed by atoms with Crippen LogP contribution in [-0.2, 0) is 6.42 Å². The number of aromatic amines is 2. The summed E-state index contributed by atoms with van der Waals surface area (Å²) in [7, 11) is 0. The summed E-state index contributed by atoms with van der Waals surface area (Å²) in [4.78, 5) is 41.2. The predicted octanol–water partition coefficient (Wildman–Crippen LogP) is 3.23. The third-order valence-corrected chi connectivity index (χ3v) is 5.92. The lowest BCUT2D eigenvalue weighted by atomic mass is 9.83. The lowest BCUT2D eigenvalue weighted by Gasteiger charge is -2.28. The second kappa shape index (κ2) is 7.77. The molecule has 1 aliphatic rings. The Bertz CT molecular complexity index is 1370. The Morgan fingerprint density at radius 1 is 1.26 bits per heavy atom. The van der Waals surface area contributed by atoms with E-state index in [1.807, 2.05) is 0 Å². The number of H-pyrrole nitrogens is 2. The molecule has 0 aromatic carbocycles. The molecule has 0 spiro atoms. The van der Waals surface area contributed by atoms with Gasteiger partial charge < -0.3 is 9.51 Å². The van der Waals surface area contributed by atoms with Crippen LogP contribution >= 0.6 is 11.6 Å². The van der Waals surface area contributed by atoms with E-state index in [2.05, 4.69) is 24.9 Å². The maximum Gasteiger partial charge on any atom is 0.440 e. The van der Waals surface area contributed by atoms with E-state index in [4.69, 9.17) is 16.1 Å². The third-order valence-electron chi connectivity index (χ3n) is 5.71. The van der Waals surface area contributed by atoms with Gasteiger partial charge in [-0.2, -0.15) is 0 Å². The quantitative estimate of drug-likeness (QED) is 0.498. The van der Waals surface area contributed by atoms with E-state index < -0.39 is 17.3 Å². The van der Waals surface area contributed by atoms with Gasteiger partial charge in [-0.3, -0.25) is 0 Å². The van der Waals surface area contributed by atoms with Crippen LogP contribution in [0.3, 0.4) is 0 Å². The molecule has 1 aliphatic carbocycles. The average Bonchev–Trinajstić information content (AvgIpc) is 3.32. The van der Waals surface area contributed by atoms with Crippen molar-refractivity contribution in [2.45, 2.75) is 38.1 Å². The molecule has 11 heteroatoms. The van der Waals surface area contributed by atoms with Gasteiger partial charge in [0.2, 0.25) is 0 Å². The molecule has 4 aromatic heterocycles. The van der Waals surface area contributed by atoms with Gasteiger partial charge in [-0.1, -0.05) is 18.0 Å². The molecule has 0 saturated heterocycles. The monoisotopic (exact) mass is 444 g/mol. The summed E-state index contributed by atoms with van der Waals surface area (Å²) < 4.78 is 20.6. The Kier molecular flexibility index (Phi) is 4.93. The molecule has 4 heterocycles. The molecule has 9 nitrogen and oxygen atoms in total. The molecule has 2 N–H and O–H groups in total. The van der Waals surface area contributed by atoms with Crippen LogP contribution in [-0.4, -0.2) is 29.7 Å². The van der Waals surface area contributed by atoms with Crippen LogP contribution in [0.4, 0.5) is 4.39 Å². The van der Waals surface area contributed by atoms with Crippen molar-refractivity contribution < 1.29 is 8.91 Å². The van der Waals surface area contributed by atoms with Crippen LogP contribution < -0.4 is 11.4 Å². The smallest absolute Gasteiger partial charge is 0.345 e.